The van der Waals surface area contributed by atoms with Crippen molar-refractivity contribution in [2.75, 3.05) is 25.5 Å². The maximum atomic E-state index is 13.3. The van der Waals surface area contributed by atoms with E-state index in [1.54, 1.807) is 12.1 Å². The van der Waals surface area contributed by atoms with E-state index >= 15 is 0 Å². The summed E-state index contributed by atoms with van der Waals surface area (Å²) in [5, 5.41) is 2.90. The van der Waals surface area contributed by atoms with Crippen molar-refractivity contribution >= 4 is 21.6 Å². The number of anilines is 1. The Morgan fingerprint density at radius 2 is 1.76 bits per heavy atom. The van der Waals surface area contributed by atoms with Crippen molar-refractivity contribution in [3.63, 3.8) is 0 Å². The van der Waals surface area contributed by atoms with Gasteiger partial charge in [0, 0.05) is 24.3 Å². The van der Waals surface area contributed by atoms with Crippen LogP contribution in [0.2, 0.25) is 0 Å². The molecule has 1 fully saturated rings. The van der Waals surface area contributed by atoms with Crippen LogP contribution in [0.25, 0.3) is 0 Å². The molecule has 0 aliphatic carbocycles. The molecule has 29 heavy (non-hydrogen) atoms. The smallest absolute Gasteiger partial charge is 0.255 e. The van der Waals surface area contributed by atoms with Crippen LogP contribution in [0.15, 0.2) is 47.4 Å². The van der Waals surface area contributed by atoms with Crippen molar-refractivity contribution in [2.45, 2.75) is 43.9 Å². The Balaban J connectivity index is 1.93. The van der Waals surface area contributed by atoms with Gasteiger partial charge in [0.2, 0.25) is 10.0 Å². The highest BCUT2D eigenvalue weighted by Gasteiger charge is 2.29. The monoisotopic (exact) mass is 416 g/mol. The maximum Gasteiger partial charge on any atom is 0.255 e. The molecule has 1 amide bonds. The number of nitrogens with zero attached hydrogens (tertiary/aromatic N) is 1. The first-order valence-electron chi connectivity index (χ1n) is 10.0. The molecule has 1 N–H and O–H groups in total. The van der Waals surface area contributed by atoms with Gasteiger partial charge in [-0.1, -0.05) is 38.0 Å². The number of hydrogen-bond acceptors (Lipinski definition) is 4. The summed E-state index contributed by atoms with van der Waals surface area (Å²) in [6.45, 7) is 3.00. The Hall–Kier alpha value is -2.38. The van der Waals surface area contributed by atoms with Crippen LogP contribution in [0.3, 0.4) is 0 Å². The van der Waals surface area contributed by atoms with E-state index in [0.717, 1.165) is 43.4 Å². The molecular weight excluding hydrogens is 388 g/mol. The minimum Gasteiger partial charge on any atom is -0.495 e. The van der Waals surface area contributed by atoms with E-state index in [1.165, 1.54) is 17.5 Å². The van der Waals surface area contributed by atoms with Crippen LogP contribution in [0.1, 0.15) is 48.5 Å². The molecule has 0 atom stereocenters. The van der Waals surface area contributed by atoms with Gasteiger partial charge < -0.3 is 10.1 Å². The molecule has 1 aliphatic rings. The first-order chi connectivity index (χ1) is 14.0. The van der Waals surface area contributed by atoms with Gasteiger partial charge in [0.15, 0.2) is 0 Å². The van der Waals surface area contributed by atoms with E-state index < -0.39 is 10.0 Å². The Kier molecular flexibility index (Phi) is 6.92. The minimum atomic E-state index is -3.74. The van der Waals surface area contributed by atoms with Gasteiger partial charge in [0.25, 0.3) is 5.91 Å². The Bertz CT molecular complexity index is 965. The molecule has 156 valence electrons. The second-order valence-corrected chi connectivity index (χ2v) is 9.06. The third-order valence-electron chi connectivity index (χ3n) is 5.26. The fraction of sp³-hybridized carbons (Fsp3) is 0.409. The molecule has 2 aromatic rings. The van der Waals surface area contributed by atoms with Crippen molar-refractivity contribution in [1.82, 2.24) is 4.31 Å². The molecular formula is C22H28N2O4S. The molecule has 6 nitrogen and oxygen atoms in total. The van der Waals surface area contributed by atoms with Crippen LogP contribution in [0.4, 0.5) is 5.69 Å². The third kappa shape index (κ3) is 4.79. The van der Waals surface area contributed by atoms with Crippen molar-refractivity contribution in [2.24, 2.45) is 0 Å². The van der Waals surface area contributed by atoms with Crippen LogP contribution in [0, 0.1) is 0 Å². The van der Waals surface area contributed by atoms with Crippen molar-refractivity contribution in [3.05, 3.63) is 53.6 Å². The van der Waals surface area contributed by atoms with E-state index in [4.69, 9.17) is 4.74 Å². The van der Waals surface area contributed by atoms with Gasteiger partial charge in [0.1, 0.15) is 10.6 Å². The summed E-state index contributed by atoms with van der Waals surface area (Å²) in [4.78, 5) is 12.9. The topological polar surface area (TPSA) is 75.7 Å². The molecule has 1 heterocycles. The van der Waals surface area contributed by atoms with E-state index in [0.29, 0.717) is 13.1 Å². The zero-order valence-corrected chi connectivity index (χ0v) is 17.8. The number of sulfonamides is 1. The second kappa shape index (κ2) is 9.41. The normalized spacial score (nSPS) is 15.5. The summed E-state index contributed by atoms with van der Waals surface area (Å²) in [5.74, 6) is -0.0966. The fourth-order valence-corrected chi connectivity index (χ4v) is 5.28. The lowest BCUT2D eigenvalue weighted by atomic mass is 10.1. The van der Waals surface area contributed by atoms with Crippen molar-refractivity contribution in [3.8, 4) is 5.75 Å². The standard InChI is InChI=1S/C22H28N2O4S/c1-3-17-10-6-7-11-19(17)23-22(25)18-12-13-20(28-2)21(16-18)29(26,27)24-14-8-4-5-9-15-24/h6-7,10-13,16H,3-5,8-9,14-15H2,1-2H3,(H,23,25). The second-order valence-electron chi connectivity index (χ2n) is 7.15. The molecule has 1 aliphatic heterocycles. The number of carbonyl (C=O) groups excluding carboxylic acids is 1. The van der Waals surface area contributed by atoms with Gasteiger partial charge in [-0.2, -0.15) is 4.31 Å². The predicted octanol–water partition coefficient (Wildman–Crippen LogP) is 4.07. The van der Waals surface area contributed by atoms with E-state index in [-0.39, 0.29) is 22.1 Å². The van der Waals surface area contributed by atoms with E-state index in [9.17, 15) is 13.2 Å². The van der Waals surface area contributed by atoms with Gasteiger partial charge in [0.05, 0.1) is 7.11 Å². The number of nitrogens with one attached hydrogen (secondary N) is 1. The zero-order valence-electron chi connectivity index (χ0n) is 17.0. The lowest BCUT2D eigenvalue weighted by Crippen LogP contribution is -2.32. The molecule has 0 unspecified atom stereocenters. The average molecular weight is 417 g/mol. The fourth-order valence-electron chi connectivity index (χ4n) is 3.59. The van der Waals surface area contributed by atoms with Gasteiger partial charge in [-0.25, -0.2) is 8.42 Å². The number of benzene rings is 2. The Morgan fingerprint density at radius 1 is 1.07 bits per heavy atom. The number of methoxy groups -OCH3 is 1. The first kappa shape index (κ1) is 21.3. The Labute approximate surface area is 172 Å². The average Bonchev–Trinajstić information content (AvgIpc) is 3.04. The Morgan fingerprint density at radius 3 is 2.41 bits per heavy atom. The van der Waals surface area contributed by atoms with Crippen molar-refractivity contribution < 1.29 is 17.9 Å². The lowest BCUT2D eigenvalue weighted by Gasteiger charge is -2.21. The van der Waals surface area contributed by atoms with Crippen molar-refractivity contribution in [1.29, 1.82) is 0 Å². The van der Waals surface area contributed by atoms with Crippen LogP contribution in [-0.2, 0) is 16.4 Å². The summed E-state index contributed by atoms with van der Waals surface area (Å²) in [7, 11) is -2.30. The summed E-state index contributed by atoms with van der Waals surface area (Å²) in [5.41, 5.74) is 2.03. The number of amides is 1. The van der Waals surface area contributed by atoms with Gasteiger partial charge in [-0.3, -0.25) is 4.79 Å². The zero-order chi connectivity index (χ0) is 20.9. The molecule has 0 bridgehead atoms. The van der Waals surface area contributed by atoms with E-state index in [1.807, 2.05) is 31.2 Å². The number of para-hydroxylation sites is 1. The number of aryl methyl sites for hydroxylation is 1. The quantitative estimate of drug-likeness (QED) is 0.770. The molecule has 7 heteroatoms. The van der Waals surface area contributed by atoms with Gasteiger partial charge >= 0.3 is 0 Å². The molecule has 0 saturated carbocycles. The van der Waals surface area contributed by atoms with E-state index in [2.05, 4.69) is 5.32 Å². The summed E-state index contributed by atoms with van der Waals surface area (Å²) < 4.78 is 33.3. The number of carbonyl (C=O) groups is 1. The van der Waals surface area contributed by atoms with Gasteiger partial charge in [-0.15, -0.1) is 0 Å². The summed E-state index contributed by atoms with van der Waals surface area (Å²) in [6.07, 6.45) is 4.53. The van der Waals surface area contributed by atoms with Crippen LogP contribution in [0.5, 0.6) is 5.75 Å². The largest absolute Gasteiger partial charge is 0.495 e. The minimum absolute atomic E-state index is 0.0401. The summed E-state index contributed by atoms with van der Waals surface area (Å²) in [6, 6.07) is 12.1. The van der Waals surface area contributed by atoms with Gasteiger partial charge in [-0.05, 0) is 49.1 Å². The highest BCUT2D eigenvalue weighted by Crippen LogP contribution is 2.30. The highest BCUT2D eigenvalue weighted by atomic mass is 32.2. The summed E-state index contributed by atoms with van der Waals surface area (Å²) >= 11 is 0. The third-order valence-corrected chi connectivity index (χ3v) is 7.17. The van der Waals surface area contributed by atoms with Crippen LogP contribution < -0.4 is 10.1 Å². The maximum absolute atomic E-state index is 13.3. The molecule has 0 spiro atoms. The number of ether oxygens (including phenoxy) is 1. The number of rotatable bonds is 6. The highest BCUT2D eigenvalue weighted by molar-refractivity contribution is 7.89. The molecule has 2 aromatic carbocycles. The van der Waals surface area contributed by atoms with Crippen LogP contribution in [-0.4, -0.2) is 38.8 Å². The predicted molar refractivity (Wildman–Crippen MR) is 114 cm³/mol. The number of hydrogen-bond donors (Lipinski definition) is 1. The lowest BCUT2D eigenvalue weighted by molar-refractivity contribution is 0.102. The molecule has 0 radical (unpaired) electrons. The molecule has 3 rings (SSSR count). The van der Waals surface area contributed by atoms with Crippen LogP contribution >= 0.6 is 0 Å². The first-order valence-corrected chi connectivity index (χ1v) is 11.5. The molecule has 0 aromatic heterocycles. The SMILES string of the molecule is CCc1ccccc1NC(=O)c1ccc(OC)c(S(=O)(=O)N2CCCCCC2)c1. The molecule has 1 saturated heterocycles.